The fourth-order valence-corrected chi connectivity index (χ4v) is 5.15. The Morgan fingerprint density at radius 3 is 2.69 bits per heavy atom. The number of amides is 4. The van der Waals surface area contributed by atoms with Crippen LogP contribution in [0, 0.1) is 0 Å². The van der Waals surface area contributed by atoms with Gasteiger partial charge in [-0.3, -0.25) is 14.5 Å². The first-order valence-electron chi connectivity index (χ1n) is 10.6. The molecule has 2 N–H and O–H groups in total. The topological polar surface area (TPSA) is 101 Å². The number of ether oxygens (including phenoxy) is 1. The quantitative estimate of drug-likeness (QED) is 0.546. The van der Waals surface area contributed by atoms with Crippen molar-refractivity contribution in [2.45, 2.75) is 37.6 Å². The van der Waals surface area contributed by atoms with Crippen molar-refractivity contribution < 1.29 is 19.1 Å². The van der Waals surface area contributed by atoms with E-state index in [1.807, 2.05) is 48.5 Å². The number of nitrogens with one attached hydrogen (secondary N) is 2. The summed E-state index contributed by atoms with van der Waals surface area (Å²) in [5.41, 5.74) is 0.00288. The molecule has 0 unspecified atom stereocenters. The van der Waals surface area contributed by atoms with Crippen molar-refractivity contribution in [3.63, 3.8) is 0 Å². The number of anilines is 1. The monoisotopic (exact) mass is 450 g/mol. The zero-order chi connectivity index (χ0) is 22.1. The minimum absolute atomic E-state index is 0.0214. The third-order valence-electron chi connectivity index (χ3n) is 5.85. The summed E-state index contributed by atoms with van der Waals surface area (Å²) in [6.07, 6.45) is 3.21. The van der Waals surface area contributed by atoms with Crippen LogP contribution < -0.4 is 15.4 Å². The number of fused-ring (bicyclic) bond motifs is 1. The van der Waals surface area contributed by atoms with Crippen LogP contribution in [0.15, 0.2) is 48.5 Å². The number of urea groups is 1. The number of thiazole rings is 1. The molecule has 2 fully saturated rings. The maximum Gasteiger partial charge on any atom is 0.325 e. The normalized spacial score (nSPS) is 17.2. The van der Waals surface area contributed by atoms with E-state index in [2.05, 4.69) is 15.6 Å². The maximum absolute atomic E-state index is 12.7. The van der Waals surface area contributed by atoms with Crippen molar-refractivity contribution in [2.24, 2.45) is 0 Å². The summed E-state index contributed by atoms with van der Waals surface area (Å²) in [6, 6.07) is 14.6. The zero-order valence-corrected chi connectivity index (χ0v) is 18.1. The van der Waals surface area contributed by atoms with Gasteiger partial charge in [0.05, 0.1) is 10.2 Å². The van der Waals surface area contributed by atoms with Crippen LogP contribution in [0.2, 0.25) is 0 Å². The van der Waals surface area contributed by atoms with Gasteiger partial charge in [-0.2, -0.15) is 0 Å². The summed E-state index contributed by atoms with van der Waals surface area (Å²) in [4.78, 5) is 43.0. The van der Waals surface area contributed by atoms with Crippen molar-refractivity contribution in [1.29, 1.82) is 0 Å². The van der Waals surface area contributed by atoms with Gasteiger partial charge in [-0.15, -0.1) is 0 Å². The van der Waals surface area contributed by atoms with Gasteiger partial charge < -0.3 is 15.4 Å². The predicted molar refractivity (Wildman–Crippen MR) is 121 cm³/mol. The molecule has 8 nitrogen and oxygen atoms in total. The van der Waals surface area contributed by atoms with Crippen LogP contribution in [0.1, 0.15) is 32.1 Å². The van der Waals surface area contributed by atoms with E-state index in [0.717, 1.165) is 33.7 Å². The van der Waals surface area contributed by atoms with Crippen molar-refractivity contribution in [2.75, 3.05) is 11.9 Å². The summed E-state index contributed by atoms with van der Waals surface area (Å²) < 4.78 is 6.73. The lowest BCUT2D eigenvalue weighted by Gasteiger charge is -2.19. The molecule has 5 rings (SSSR count). The number of nitrogens with zero attached hydrogens (tertiary/aromatic N) is 2. The molecule has 1 spiro atoms. The van der Waals surface area contributed by atoms with E-state index < -0.39 is 11.6 Å². The van der Waals surface area contributed by atoms with Gasteiger partial charge in [0.2, 0.25) is 5.91 Å². The predicted octanol–water partition coefficient (Wildman–Crippen LogP) is 4.28. The fraction of sp³-hybridized carbons (Fsp3) is 0.304. The molecule has 32 heavy (non-hydrogen) atoms. The zero-order valence-electron chi connectivity index (χ0n) is 17.3. The Bertz CT molecular complexity index is 1190. The smallest absolute Gasteiger partial charge is 0.325 e. The SMILES string of the molecule is O=C(CCN1C(=O)NC2(CCCC2)C1=O)Nc1nc2ccc(Oc3ccccc3)cc2s1. The van der Waals surface area contributed by atoms with Gasteiger partial charge in [-0.1, -0.05) is 42.4 Å². The molecule has 1 aliphatic heterocycles. The molecule has 9 heteroatoms. The number of carbonyl (C=O) groups excluding carboxylic acids is 3. The number of rotatable bonds is 6. The maximum atomic E-state index is 12.7. The first-order chi connectivity index (χ1) is 15.5. The molecule has 0 atom stereocenters. The van der Waals surface area contributed by atoms with Gasteiger partial charge in [0.1, 0.15) is 17.0 Å². The number of benzene rings is 2. The Hall–Kier alpha value is -3.46. The summed E-state index contributed by atoms with van der Waals surface area (Å²) in [5.74, 6) is 0.922. The molecule has 2 aromatic carbocycles. The average molecular weight is 451 g/mol. The summed E-state index contributed by atoms with van der Waals surface area (Å²) >= 11 is 1.34. The number of hydrogen-bond acceptors (Lipinski definition) is 6. The minimum atomic E-state index is -0.750. The highest BCUT2D eigenvalue weighted by molar-refractivity contribution is 7.22. The Labute approximate surface area is 188 Å². The van der Waals surface area contributed by atoms with E-state index in [4.69, 9.17) is 4.74 Å². The van der Waals surface area contributed by atoms with Crippen LogP contribution in [0.25, 0.3) is 10.2 Å². The Kier molecular flexibility index (Phi) is 5.26. The molecule has 0 bridgehead atoms. The lowest BCUT2D eigenvalue weighted by Crippen LogP contribution is -2.44. The van der Waals surface area contributed by atoms with Crippen LogP contribution in [0.3, 0.4) is 0 Å². The van der Waals surface area contributed by atoms with E-state index in [0.29, 0.717) is 23.7 Å². The van der Waals surface area contributed by atoms with Crippen molar-refractivity contribution in [3.05, 3.63) is 48.5 Å². The Balaban J connectivity index is 1.20. The third-order valence-corrected chi connectivity index (χ3v) is 6.78. The molecule has 2 heterocycles. The minimum Gasteiger partial charge on any atom is -0.457 e. The third kappa shape index (κ3) is 3.91. The van der Waals surface area contributed by atoms with Crippen molar-refractivity contribution in [1.82, 2.24) is 15.2 Å². The highest BCUT2D eigenvalue weighted by Crippen LogP contribution is 2.35. The molecule has 3 aromatic rings. The van der Waals surface area contributed by atoms with Crippen LogP contribution in [0.5, 0.6) is 11.5 Å². The molecule has 1 saturated heterocycles. The number of imide groups is 1. The lowest BCUT2D eigenvalue weighted by atomic mass is 9.98. The van der Waals surface area contributed by atoms with Crippen LogP contribution in [-0.4, -0.2) is 39.8 Å². The second-order valence-corrected chi connectivity index (χ2v) is 9.07. The number of aromatic nitrogens is 1. The standard InChI is InChI=1S/C23H22N4O4S/c28-19(10-13-27-20(29)23(26-22(27)30)11-4-5-12-23)25-21-24-17-9-8-16(14-18(17)32-21)31-15-6-2-1-3-7-15/h1-3,6-9,14H,4-5,10-13H2,(H,26,30)(H,24,25,28). The number of hydrogen-bond donors (Lipinski definition) is 2. The van der Waals surface area contributed by atoms with E-state index in [1.54, 1.807) is 0 Å². The first kappa shape index (κ1) is 20.4. The average Bonchev–Trinajstić information content (AvgIpc) is 3.46. The molecule has 1 aromatic heterocycles. The molecule has 0 radical (unpaired) electrons. The van der Waals surface area contributed by atoms with Crippen molar-refractivity contribution in [3.8, 4) is 11.5 Å². The number of carbonyl (C=O) groups is 3. The van der Waals surface area contributed by atoms with E-state index in [9.17, 15) is 14.4 Å². The first-order valence-corrected chi connectivity index (χ1v) is 11.4. The second-order valence-electron chi connectivity index (χ2n) is 8.04. The molecular weight excluding hydrogens is 428 g/mol. The lowest BCUT2D eigenvalue weighted by molar-refractivity contribution is -0.131. The largest absolute Gasteiger partial charge is 0.457 e. The molecule has 4 amide bonds. The van der Waals surface area contributed by atoms with Gasteiger partial charge >= 0.3 is 6.03 Å². The Morgan fingerprint density at radius 1 is 1.12 bits per heavy atom. The highest BCUT2D eigenvalue weighted by Gasteiger charge is 2.52. The molecule has 1 saturated carbocycles. The molecule has 2 aliphatic rings. The van der Waals surface area contributed by atoms with E-state index >= 15 is 0 Å². The van der Waals surface area contributed by atoms with Gasteiger partial charge in [-0.05, 0) is 37.1 Å². The van der Waals surface area contributed by atoms with Crippen LogP contribution in [-0.2, 0) is 9.59 Å². The summed E-state index contributed by atoms with van der Waals surface area (Å²) in [6.45, 7) is 0.0538. The molecular formula is C23H22N4O4S. The summed E-state index contributed by atoms with van der Waals surface area (Å²) in [7, 11) is 0. The van der Waals surface area contributed by atoms with Gasteiger partial charge in [-0.25, -0.2) is 9.78 Å². The van der Waals surface area contributed by atoms with Crippen LogP contribution >= 0.6 is 11.3 Å². The van der Waals surface area contributed by atoms with Crippen molar-refractivity contribution >= 4 is 44.5 Å². The Morgan fingerprint density at radius 2 is 1.91 bits per heavy atom. The fourth-order valence-electron chi connectivity index (χ4n) is 4.24. The van der Waals surface area contributed by atoms with E-state index in [1.165, 1.54) is 11.3 Å². The number of para-hydroxylation sites is 1. The molecule has 1 aliphatic carbocycles. The van der Waals surface area contributed by atoms with E-state index in [-0.39, 0.29) is 24.8 Å². The van der Waals surface area contributed by atoms with Gasteiger partial charge in [0.15, 0.2) is 5.13 Å². The van der Waals surface area contributed by atoms with Gasteiger partial charge in [0, 0.05) is 19.0 Å². The van der Waals surface area contributed by atoms with Crippen LogP contribution in [0.4, 0.5) is 9.93 Å². The summed E-state index contributed by atoms with van der Waals surface area (Å²) in [5, 5.41) is 6.06. The molecule has 164 valence electrons. The highest BCUT2D eigenvalue weighted by atomic mass is 32.1. The van der Waals surface area contributed by atoms with Gasteiger partial charge in [0.25, 0.3) is 5.91 Å². The second kappa shape index (κ2) is 8.23.